The monoisotopic (exact) mass is 267 g/mol. The molecule has 0 aliphatic rings. The fourth-order valence-electron chi connectivity index (χ4n) is 1.56. The number of nitrogens with one attached hydrogen (secondary N) is 1. The topological polar surface area (TPSA) is 56.3 Å². The summed E-state index contributed by atoms with van der Waals surface area (Å²) in [6.45, 7) is 12.2. The first-order valence-electron chi connectivity index (χ1n) is 6.94. The smallest absolute Gasteiger partial charge is 0.219 e. The van der Waals surface area contributed by atoms with Crippen LogP contribution in [0.3, 0.4) is 0 Å². The van der Waals surface area contributed by atoms with Crippen molar-refractivity contribution in [1.82, 2.24) is 9.97 Å². The molecule has 5 heteroatoms. The first kappa shape index (κ1) is 15.7. The maximum atomic E-state index is 5.78. The van der Waals surface area contributed by atoms with E-state index in [9.17, 15) is 0 Å². The van der Waals surface area contributed by atoms with Crippen LogP contribution in [-0.2, 0) is 4.74 Å². The Labute approximate surface area is 115 Å². The zero-order valence-electron chi connectivity index (χ0n) is 12.6. The molecule has 0 fully saturated rings. The molecule has 5 nitrogen and oxygen atoms in total. The van der Waals surface area contributed by atoms with Crippen LogP contribution in [0.2, 0.25) is 0 Å². The van der Waals surface area contributed by atoms with E-state index in [4.69, 9.17) is 9.47 Å². The summed E-state index contributed by atoms with van der Waals surface area (Å²) < 4.78 is 11.1. The molecule has 1 unspecified atom stereocenters. The number of ether oxygens (including phenoxy) is 2. The standard InChI is InChI=1S/C14H25N3O2/c1-6-15-12-8-13(17-14(16-12)10(3)4)19-11(5)9-18-7-2/h8,10-11H,6-7,9H2,1-5H3,(H,15,16,17). The molecule has 0 aliphatic carbocycles. The molecule has 0 aliphatic heterocycles. The van der Waals surface area contributed by atoms with Crippen LogP contribution >= 0.6 is 0 Å². The van der Waals surface area contributed by atoms with Crippen LogP contribution in [0.25, 0.3) is 0 Å². The highest BCUT2D eigenvalue weighted by Crippen LogP contribution is 2.19. The molecule has 1 aromatic rings. The highest BCUT2D eigenvalue weighted by molar-refractivity contribution is 5.38. The molecule has 1 N–H and O–H groups in total. The first-order chi connectivity index (χ1) is 9.06. The minimum absolute atomic E-state index is 0.0238. The lowest BCUT2D eigenvalue weighted by Gasteiger charge is -2.16. The summed E-state index contributed by atoms with van der Waals surface area (Å²) in [5.41, 5.74) is 0. The maximum absolute atomic E-state index is 5.78. The molecule has 1 aromatic heterocycles. The van der Waals surface area contributed by atoms with Crippen molar-refractivity contribution in [1.29, 1.82) is 0 Å². The van der Waals surface area contributed by atoms with Crippen molar-refractivity contribution in [2.24, 2.45) is 0 Å². The van der Waals surface area contributed by atoms with Crippen LogP contribution < -0.4 is 10.1 Å². The van der Waals surface area contributed by atoms with Gasteiger partial charge in [0, 0.05) is 25.1 Å². The minimum atomic E-state index is -0.0238. The predicted molar refractivity (Wildman–Crippen MR) is 76.9 cm³/mol. The van der Waals surface area contributed by atoms with Gasteiger partial charge in [-0.05, 0) is 20.8 Å². The second-order valence-electron chi connectivity index (χ2n) is 4.72. The fourth-order valence-corrected chi connectivity index (χ4v) is 1.56. The van der Waals surface area contributed by atoms with Gasteiger partial charge >= 0.3 is 0 Å². The molecular formula is C14H25N3O2. The van der Waals surface area contributed by atoms with Gasteiger partial charge in [-0.25, -0.2) is 4.98 Å². The van der Waals surface area contributed by atoms with Crippen molar-refractivity contribution >= 4 is 5.82 Å². The van der Waals surface area contributed by atoms with Gasteiger partial charge in [-0.15, -0.1) is 0 Å². The molecule has 1 rings (SSSR count). The summed E-state index contributed by atoms with van der Waals surface area (Å²) in [7, 11) is 0. The van der Waals surface area contributed by atoms with Gasteiger partial charge in [0.1, 0.15) is 17.7 Å². The number of nitrogens with zero attached hydrogens (tertiary/aromatic N) is 2. The highest BCUT2D eigenvalue weighted by atomic mass is 16.5. The lowest BCUT2D eigenvalue weighted by Crippen LogP contribution is -2.20. The highest BCUT2D eigenvalue weighted by Gasteiger charge is 2.11. The Morgan fingerprint density at radius 2 is 1.95 bits per heavy atom. The minimum Gasteiger partial charge on any atom is -0.472 e. The van der Waals surface area contributed by atoms with Crippen molar-refractivity contribution in [2.45, 2.75) is 46.6 Å². The van der Waals surface area contributed by atoms with Crippen LogP contribution in [0.4, 0.5) is 5.82 Å². The zero-order valence-corrected chi connectivity index (χ0v) is 12.6. The second kappa shape index (κ2) is 7.94. The molecule has 1 atom stereocenters. The van der Waals surface area contributed by atoms with Crippen molar-refractivity contribution in [3.63, 3.8) is 0 Å². The van der Waals surface area contributed by atoms with Gasteiger partial charge < -0.3 is 14.8 Å². The lowest BCUT2D eigenvalue weighted by atomic mass is 10.2. The van der Waals surface area contributed by atoms with E-state index in [0.29, 0.717) is 19.1 Å². The number of aromatic nitrogens is 2. The third-order valence-corrected chi connectivity index (χ3v) is 2.47. The van der Waals surface area contributed by atoms with Crippen LogP contribution in [0, 0.1) is 0 Å². The molecule has 0 saturated carbocycles. The van der Waals surface area contributed by atoms with Crippen LogP contribution in [0.1, 0.15) is 46.4 Å². The summed E-state index contributed by atoms with van der Waals surface area (Å²) in [6.07, 6.45) is -0.0238. The Morgan fingerprint density at radius 1 is 1.21 bits per heavy atom. The molecule has 0 spiro atoms. The average molecular weight is 267 g/mol. The number of hydrogen-bond donors (Lipinski definition) is 1. The predicted octanol–water partition coefficient (Wildman–Crippen LogP) is 2.84. The fraction of sp³-hybridized carbons (Fsp3) is 0.714. The molecular weight excluding hydrogens is 242 g/mol. The van der Waals surface area contributed by atoms with E-state index in [-0.39, 0.29) is 12.0 Å². The molecule has 1 heterocycles. The third kappa shape index (κ3) is 5.42. The van der Waals surface area contributed by atoms with Gasteiger partial charge in [0.2, 0.25) is 5.88 Å². The van der Waals surface area contributed by atoms with E-state index < -0.39 is 0 Å². The maximum Gasteiger partial charge on any atom is 0.219 e. The van der Waals surface area contributed by atoms with E-state index in [1.54, 1.807) is 0 Å². The summed E-state index contributed by atoms with van der Waals surface area (Å²) in [4.78, 5) is 8.89. The molecule has 0 radical (unpaired) electrons. The third-order valence-electron chi connectivity index (χ3n) is 2.47. The van der Waals surface area contributed by atoms with E-state index in [1.165, 1.54) is 0 Å². The number of rotatable bonds is 8. The van der Waals surface area contributed by atoms with E-state index in [2.05, 4.69) is 29.1 Å². The van der Waals surface area contributed by atoms with Crippen LogP contribution in [-0.4, -0.2) is 35.8 Å². The second-order valence-corrected chi connectivity index (χ2v) is 4.72. The van der Waals surface area contributed by atoms with Crippen LogP contribution in [0.5, 0.6) is 5.88 Å². The van der Waals surface area contributed by atoms with E-state index in [0.717, 1.165) is 18.2 Å². The number of anilines is 1. The Hall–Kier alpha value is -1.36. The Kier molecular flexibility index (Phi) is 6.56. The Bertz CT molecular complexity index is 383. The molecule has 19 heavy (non-hydrogen) atoms. The molecule has 0 saturated heterocycles. The SMILES string of the molecule is CCNc1cc(OC(C)COCC)nc(C(C)C)n1. The lowest BCUT2D eigenvalue weighted by molar-refractivity contribution is 0.0631. The van der Waals surface area contributed by atoms with Crippen molar-refractivity contribution in [3.8, 4) is 5.88 Å². The first-order valence-corrected chi connectivity index (χ1v) is 6.94. The van der Waals surface area contributed by atoms with Gasteiger partial charge in [-0.3, -0.25) is 0 Å². The van der Waals surface area contributed by atoms with E-state index >= 15 is 0 Å². The molecule has 0 bridgehead atoms. The summed E-state index contributed by atoms with van der Waals surface area (Å²) in [5.74, 6) is 2.46. The van der Waals surface area contributed by atoms with Crippen molar-refractivity contribution in [2.75, 3.05) is 25.1 Å². The summed E-state index contributed by atoms with van der Waals surface area (Å²) in [6, 6.07) is 1.83. The zero-order chi connectivity index (χ0) is 14.3. The number of hydrogen-bond acceptors (Lipinski definition) is 5. The van der Waals surface area contributed by atoms with Gasteiger partial charge in [0.15, 0.2) is 0 Å². The van der Waals surface area contributed by atoms with Gasteiger partial charge in [-0.1, -0.05) is 13.8 Å². The average Bonchev–Trinajstić information content (AvgIpc) is 2.36. The van der Waals surface area contributed by atoms with Crippen molar-refractivity contribution < 1.29 is 9.47 Å². The Balaban J connectivity index is 2.80. The normalized spacial score (nSPS) is 12.5. The van der Waals surface area contributed by atoms with E-state index in [1.807, 2.05) is 26.8 Å². The quantitative estimate of drug-likeness (QED) is 0.785. The Morgan fingerprint density at radius 3 is 2.53 bits per heavy atom. The van der Waals surface area contributed by atoms with Gasteiger partial charge in [0.05, 0.1) is 6.61 Å². The van der Waals surface area contributed by atoms with Crippen LogP contribution in [0.15, 0.2) is 6.07 Å². The summed E-state index contributed by atoms with van der Waals surface area (Å²) in [5, 5.41) is 3.20. The largest absolute Gasteiger partial charge is 0.472 e. The van der Waals surface area contributed by atoms with Gasteiger partial charge in [0.25, 0.3) is 0 Å². The molecule has 0 amide bonds. The van der Waals surface area contributed by atoms with Gasteiger partial charge in [-0.2, -0.15) is 4.98 Å². The van der Waals surface area contributed by atoms with Crippen molar-refractivity contribution in [3.05, 3.63) is 11.9 Å². The summed E-state index contributed by atoms with van der Waals surface area (Å²) >= 11 is 0. The molecule has 0 aromatic carbocycles. The molecule has 108 valence electrons.